The molecule has 0 aliphatic heterocycles. The molecular weight excluding hydrogens is 542 g/mol. The molecule has 0 aliphatic rings. The topological polar surface area (TPSA) is 105 Å². The van der Waals surface area contributed by atoms with Crippen LogP contribution in [0.1, 0.15) is 30.9 Å². The fourth-order valence-corrected chi connectivity index (χ4v) is 5.31. The highest BCUT2D eigenvalue weighted by atomic mass is 32.2. The Labute approximate surface area is 243 Å². The standard InChI is InChI=1S/C31H39N3O6S/c1-5-6-19-32-31(36)28(21-24-13-8-7-9-14-24)33(22-25-15-12-16-26(20-25)39-2)30(35)23-34(41(4,37)38)27-17-10-11-18-29(27)40-3/h7-18,20,28H,5-6,19,21-23H2,1-4H3,(H,32,36)/t28-/m0/s1. The van der Waals surface area contributed by atoms with E-state index < -0.39 is 28.5 Å². The molecule has 0 aliphatic carbocycles. The lowest BCUT2D eigenvalue weighted by molar-refractivity contribution is -0.140. The van der Waals surface area contributed by atoms with Gasteiger partial charge >= 0.3 is 0 Å². The van der Waals surface area contributed by atoms with Gasteiger partial charge in [-0.05, 0) is 41.8 Å². The van der Waals surface area contributed by atoms with E-state index in [1.54, 1.807) is 43.5 Å². The summed E-state index contributed by atoms with van der Waals surface area (Å²) in [5.74, 6) is 0.0781. The minimum absolute atomic E-state index is 0.0677. The number of unbranched alkanes of at least 4 members (excludes halogenated alkanes) is 1. The van der Waals surface area contributed by atoms with Gasteiger partial charge < -0.3 is 19.7 Å². The maximum absolute atomic E-state index is 14.2. The largest absolute Gasteiger partial charge is 0.497 e. The van der Waals surface area contributed by atoms with E-state index >= 15 is 0 Å². The summed E-state index contributed by atoms with van der Waals surface area (Å²) in [7, 11) is -0.908. The van der Waals surface area contributed by atoms with E-state index in [4.69, 9.17) is 9.47 Å². The van der Waals surface area contributed by atoms with Gasteiger partial charge in [0, 0.05) is 19.5 Å². The Hall–Kier alpha value is -4.05. The molecule has 0 fully saturated rings. The van der Waals surface area contributed by atoms with E-state index in [0.717, 1.165) is 34.5 Å². The fourth-order valence-electron chi connectivity index (χ4n) is 4.46. The molecular formula is C31H39N3O6S. The van der Waals surface area contributed by atoms with Gasteiger partial charge in [0.2, 0.25) is 21.8 Å². The van der Waals surface area contributed by atoms with Gasteiger partial charge in [-0.25, -0.2) is 8.42 Å². The van der Waals surface area contributed by atoms with Crippen molar-refractivity contribution in [3.05, 3.63) is 90.0 Å². The van der Waals surface area contributed by atoms with Crippen molar-refractivity contribution in [2.45, 2.75) is 38.8 Å². The van der Waals surface area contributed by atoms with Gasteiger partial charge in [-0.3, -0.25) is 13.9 Å². The molecule has 3 rings (SSSR count). The van der Waals surface area contributed by atoms with Crippen LogP contribution < -0.4 is 19.1 Å². The average Bonchev–Trinajstić information content (AvgIpc) is 2.97. The van der Waals surface area contributed by atoms with Crippen molar-refractivity contribution in [2.75, 3.05) is 37.9 Å². The summed E-state index contributed by atoms with van der Waals surface area (Å²) in [6.07, 6.45) is 2.99. The molecule has 0 saturated heterocycles. The average molecular weight is 582 g/mol. The van der Waals surface area contributed by atoms with Crippen LogP contribution in [0.3, 0.4) is 0 Å². The van der Waals surface area contributed by atoms with Gasteiger partial charge in [-0.2, -0.15) is 0 Å². The van der Waals surface area contributed by atoms with Gasteiger partial charge in [0.05, 0.1) is 26.2 Å². The molecule has 0 saturated carbocycles. The molecule has 0 aromatic heterocycles. The van der Waals surface area contributed by atoms with Gasteiger partial charge in [0.15, 0.2) is 0 Å². The van der Waals surface area contributed by atoms with Crippen LogP contribution in [-0.2, 0) is 32.6 Å². The predicted octanol–water partition coefficient (Wildman–Crippen LogP) is 4.03. The SMILES string of the molecule is CCCCNC(=O)[C@H](Cc1ccccc1)N(Cc1cccc(OC)c1)C(=O)CN(c1ccccc1OC)S(C)(=O)=O. The summed E-state index contributed by atoms with van der Waals surface area (Å²) in [5, 5.41) is 2.97. The lowest BCUT2D eigenvalue weighted by Crippen LogP contribution is -2.53. The molecule has 1 N–H and O–H groups in total. The first-order valence-electron chi connectivity index (χ1n) is 13.5. The maximum atomic E-state index is 14.2. The molecule has 10 heteroatoms. The first kappa shape index (κ1) is 31.5. The first-order valence-corrected chi connectivity index (χ1v) is 15.4. The molecule has 0 unspecified atom stereocenters. The van der Waals surface area contributed by atoms with E-state index in [1.165, 1.54) is 12.0 Å². The number of benzene rings is 3. The Morgan fingerprint density at radius 1 is 0.902 bits per heavy atom. The Kier molecular flexibility index (Phi) is 11.6. The maximum Gasteiger partial charge on any atom is 0.244 e. The number of amides is 2. The lowest BCUT2D eigenvalue weighted by atomic mass is 10.0. The predicted molar refractivity (Wildman–Crippen MR) is 161 cm³/mol. The molecule has 0 spiro atoms. The second kappa shape index (κ2) is 15.1. The highest BCUT2D eigenvalue weighted by Crippen LogP contribution is 2.30. The van der Waals surface area contributed by atoms with Crippen molar-refractivity contribution >= 4 is 27.5 Å². The zero-order chi connectivity index (χ0) is 29.8. The van der Waals surface area contributed by atoms with Gasteiger partial charge in [-0.1, -0.05) is 67.9 Å². The van der Waals surface area contributed by atoms with Crippen LogP contribution in [0.2, 0.25) is 0 Å². The van der Waals surface area contributed by atoms with Crippen LogP contribution in [0.4, 0.5) is 5.69 Å². The quantitative estimate of drug-likeness (QED) is 0.272. The van der Waals surface area contributed by atoms with Crippen LogP contribution in [-0.4, -0.2) is 64.7 Å². The summed E-state index contributed by atoms with van der Waals surface area (Å²) in [6, 6.07) is 22.4. The molecule has 0 bridgehead atoms. The summed E-state index contributed by atoms with van der Waals surface area (Å²) >= 11 is 0. The number of nitrogens with one attached hydrogen (secondary N) is 1. The number of carbonyl (C=O) groups excluding carboxylic acids is 2. The molecule has 0 heterocycles. The van der Waals surface area contributed by atoms with Crippen LogP contribution in [0.5, 0.6) is 11.5 Å². The fraction of sp³-hybridized carbons (Fsp3) is 0.355. The molecule has 3 aromatic carbocycles. The van der Waals surface area contributed by atoms with Crippen molar-refractivity contribution in [1.82, 2.24) is 10.2 Å². The van der Waals surface area contributed by atoms with Gasteiger partial charge in [0.1, 0.15) is 24.1 Å². The number of rotatable bonds is 15. The van der Waals surface area contributed by atoms with Crippen LogP contribution >= 0.6 is 0 Å². The second-order valence-corrected chi connectivity index (χ2v) is 11.6. The molecule has 220 valence electrons. The van der Waals surface area contributed by atoms with E-state index in [-0.39, 0.29) is 24.6 Å². The van der Waals surface area contributed by atoms with Crippen molar-refractivity contribution in [3.8, 4) is 11.5 Å². The number of anilines is 1. The smallest absolute Gasteiger partial charge is 0.244 e. The first-order chi connectivity index (χ1) is 19.7. The number of hydrogen-bond donors (Lipinski definition) is 1. The Morgan fingerprint density at radius 3 is 2.24 bits per heavy atom. The molecule has 0 radical (unpaired) electrons. The zero-order valence-corrected chi connectivity index (χ0v) is 24.9. The molecule has 1 atom stereocenters. The number of para-hydroxylation sites is 2. The molecule has 3 aromatic rings. The third kappa shape index (κ3) is 8.97. The minimum Gasteiger partial charge on any atom is -0.497 e. The lowest BCUT2D eigenvalue weighted by Gasteiger charge is -2.33. The van der Waals surface area contributed by atoms with Crippen molar-refractivity contribution in [2.24, 2.45) is 0 Å². The van der Waals surface area contributed by atoms with E-state index in [0.29, 0.717) is 18.0 Å². The third-order valence-corrected chi connectivity index (χ3v) is 7.75. The van der Waals surface area contributed by atoms with Crippen LogP contribution in [0.25, 0.3) is 0 Å². The summed E-state index contributed by atoms with van der Waals surface area (Å²) < 4.78 is 37.7. The summed E-state index contributed by atoms with van der Waals surface area (Å²) in [4.78, 5) is 29.3. The number of sulfonamides is 1. The third-order valence-electron chi connectivity index (χ3n) is 6.62. The zero-order valence-electron chi connectivity index (χ0n) is 24.1. The number of nitrogens with zero attached hydrogens (tertiary/aromatic N) is 2. The van der Waals surface area contributed by atoms with Crippen LogP contribution in [0.15, 0.2) is 78.9 Å². The van der Waals surface area contributed by atoms with Crippen molar-refractivity contribution < 1.29 is 27.5 Å². The summed E-state index contributed by atoms with van der Waals surface area (Å²) in [6.45, 7) is 2.05. The number of methoxy groups -OCH3 is 2. The highest BCUT2D eigenvalue weighted by molar-refractivity contribution is 7.92. The molecule has 9 nitrogen and oxygen atoms in total. The number of hydrogen-bond acceptors (Lipinski definition) is 6. The second-order valence-electron chi connectivity index (χ2n) is 9.66. The van der Waals surface area contributed by atoms with Gasteiger partial charge in [0.25, 0.3) is 0 Å². The molecule has 41 heavy (non-hydrogen) atoms. The van der Waals surface area contributed by atoms with Crippen LogP contribution in [0, 0.1) is 0 Å². The van der Waals surface area contributed by atoms with Gasteiger partial charge in [-0.15, -0.1) is 0 Å². The van der Waals surface area contributed by atoms with E-state index in [9.17, 15) is 18.0 Å². The van der Waals surface area contributed by atoms with Crippen molar-refractivity contribution in [1.29, 1.82) is 0 Å². The Morgan fingerprint density at radius 2 is 1.59 bits per heavy atom. The number of carbonyl (C=O) groups is 2. The highest BCUT2D eigenvalue weighted by Gasteiger charge is 2.33. The van der Waals surface area contributed by atoms with E-state index in [1.807, 2.05) is 49.4 Å². The van der Waals surface area contributed by atoms with Crippen molar-refractivity contribution in [3.63, 3.8) is 0 Å². The normalized spacial score (nSPS) is 11.8. The molecule has 2 amide bonds. The van der Waals surface area contributed by atoms with E-state index in [2.05, 4.69) is 5.32 Å². The Bertz CT molecular complexity index is 1400. The Balaban J connectivity index is 2.07. The number of ether oxygens (including phenoxy) is 2. The minimum atomic E-state index is -3.90. The summed E-state index contributed by atoms with van der Waals surface area (Å²) in [5.41, 5.74) is 1.84. The monoisotopic (exact) mass is 581 g/mol.